The standard InChI is InChI=1S/C8H12N2O.H2O4S/c1-2-11-7-5-3-4-6(9)8(7)10;1-5(2,3)4/h3-5H,2,9-10H2,1H3;(H2,1,2,3,4). The normalized spacial score (nSPS) is 10.2. The first-order valence-electron chi connectivity index (χ1n) is 4.22. The second kappa shape index (κ2) is 6.16. The molecule has 0 saturated heterocycles. The summed E-state index contributed by atoms with van der Waals surface area (Å²) in [6, 6.07) is 5.36. The molecule has 0 bridgehead atoms. The summed E-state index contributed by atoms with van der Waals surface area (Å²) in [5.74, 6) is 0.660. The van der Waals surface area contributed by atoms with E-state index in [-0.39, 0.29) is 0 Å². The molecule has 1 rings (SSSR count). The van der Waals surface area contributed by atoms with Crippen molar-refractivity contribution in [3.8, 4) is 5.75 Å². The van der Waals surface area contributed by atoms with Gasteiger partial charge in [0.1, 0.15) is 5.75 Å². The van der Waals surface area contributed by atoms with Crippen LogP contribution in [0, 0.1) is 0 Å². The molecule has 0 aliphatic carbocycles. The van der Waals surface area contributed by atoms with E-state index in [9.17, 15) is 0 Å². The number of para-hydroxylation sites is 1. The van der Waals surface area contributed by atoms with Crippen molar-refractivity contribution in [2.24, 2.45) is 0 Å². The minimum absolute atomic E-state index is 0.523. The molecule has 0 spiro atoms. The van der Waals surface area contributed by atoms with Gasteiger partial charge >= 0.3 is 10.4 Å². The van der Waals surface area contributed by atoms with Crippen LogP contribution in [0.1, 0.15) is 6.92 Å². The van der Waals surface area contributed by atoms with Crippen molar-refractivity contribution in [1.82, 2.24) is 0 Å². The molecule has 0 unspecified atom stereocenters. The van der Waals surface area contributed by atoms with Crippen molar-refractivity contribution < 1.29 is 22.3 Å². The molecule has 0 radical (unpaired) electrons. The summed E-state index contributed by atoms with van der Waals surface area (Å²) in [4.78, 5) is 0. The lowest BCUT2D eigenvalue weighted by Crippen LogP contribution is -1.99. The number of hydrogen-bond donors (Lipinski definition) is 4. The Morgan fingerprint density at radius 3 is 2.25 bits per heavy atom. The Hall–Kier alpha value is -1.51. The van der Waals surface area contributed by atoms with Gasteiger partial charge in [-0.25, -0.2) is 0 Å². The van der Waals surface area contributed by atoms with E-state index in [1.807, 2.05) is 13.0 Å². The predicted octanol–water partition coefficient (Wildman–Crippen LogP) is 0.597. The Bertz CT molecular complexity index is 424. The first-order valence-corrected chi connectivity index (χ1v) is 5.62. The SMILES string of the molecule is CCOc1cccc(N)c1N.O=S(=O)(O)O. The van der Waals surface area contributed by atoms with Gasteiger partial charge < -0.3 is 16.2 Å². The number of benzene rings is 1. The van der Waals surface area contributed by atoms with Crippen LogP contribution in [0.15, 0.2) is 18.2 Å². The fourth-order valence-corrected chi connectivity index (χ4v) is 0.842. The topological polar surface area (TPSA) is 136 Å². The third-order valence-corrected chi connectivity index (χ3v) is 1.40. The maximum absolute atomic E-state index is 8.74. The minimum Gasteiger partial charge on any atom is -0.492 e. The minimum atomic E-state index is -4.67. The molecule has 7 nitrogen and oxygen atoms in total. The molecule has 0 heterocycles. The lowest BCUT2D eigenvalue weighted by molar-refractivity contribution is 0.342. The molecule has 16 heavy (non-hydrogen) atoms. The molecule has 0 amide bonds. The van der Waals surface area contributed by atoms with Gasteiger partial charge in [-0.2, -0.15) is 8.42 Å². The molecule has 92 valence electrons. The monoisotopic (exact) mass is 250 g/mol. The molecule has 0 atom stereocenters. The van der Waals surface area contributed by atoms with E-state index < -0.39 is 10.4 Å². The Morgan fingerprint density at radius 2 is 1.81 bits per heavy atom. The Balaban J connectivity index is 0.000000385. The summed E-state index contributed by atoms with van der Waals surface area (Å²) < 4.78 is 36.8. The highest BCUT2D eigenvalue weighted by Crippen LogP contribution is 2.26. The number of nitrogen functional groups attached to an aromatic ring is 2. The highest BCUT2D eigenvalue weighted by Gasteiger charge is 2.00. The van der Waals surface area contributed by atoms with Gasteiger partial charge in [0.05, 0.1) is 18.0 Å². The molecular weight excluding hydrogens is 236 g/mol. The molecule has 0 aliphatic rings. The van der Waals surface area contributed by atoms with Crippen LogP contribution >= 0.6 is 0 Å². The maximum atomic E-state index is 8.74. The van der Waals surface area contributed by atoms with Crippen LogP contribution < -0.4 is 16.2 Å². The fraction of sp³-hybridized carbons (Fsp3) is 0.250. The second-order valence-corrected chi connectivity index (χ2v) is 3.54. The molecule has 0 aliphatic heterocycles. The van der Waals surface area contributed by atoms with Gasteiger partial charge in [0, 0.05) is 0 Å². The smallest absolute Gasteiger partial charge is 0.394 e. The van der Waals surface area contributed by atoms with E-state index in [1.54, 1.807) is 12.1 Å². The van der Waals surface area contributed by atoms with Crippen LogP contribution in [-0.4, -0.2) is 24.1 Å². The van der Waals surface area contributed by atoms with Crippen molar-refractivity contribution in [1.29, 1.82) is 0 Å². The average Bonchev–Trinajstić information content (AvgIpc) is 2.10. The van der Waals surface area contributed by atoms with E-state index in [2.05, 4.69) is 0 Å². The van der Waals surface area contributed by atoms with Crippen LogP contribution in [0.3, 0.4) is 0 Å². The lowest BCUT2D eigenvalue weighted by Gasteiger charge is -2.07. The zero-order valence-electron chi connectivity index (χ0n) is 8.62. The van der Waals surface area contributed by atoms with Crippen LogP contribution in [0.4, 0.5) is 11.4 Å². The van der Waals surface area contributed by atoms with Gasteiger partial charge in [0.15, 0.2) is 0 Å². The van der Waals surface area contributed by atoms with Gasteiger partial charge in [-0.3, -0.25) is 9.11 Å². The van der Waals surface area contributed by atoms with Crippen LogP contribution in [0.2, 0.25) is 0 Å². The van der Waals surface area contributed by atoms with E-state index >= 15 is 0 Å². The molecule has 8 heteroatoms. The van der Waals surface area contributed by atoms with Crippen molar-refractivity contribution >= 4 is 21.8 Å². The highest BCUT2D eigenvalue weighted by atomic mass is 32.3. The summed E-state index contributed by atoms with van der Waals surface area (Å²) >= 11 is 0. The second-order valence-electron chi connectivity index (χ2n) is 2.64. The van der Waals surface area contributed by atoms with Crippen LogP contribution in [-0.2, 0) is 10.4 Å². The van der Waals surface area contributed by atoms with E-state index in [1.165, 1.54) is 0 Å². The van der Waals surface area contributed by atoms with Crippen molar-refractivity contribution in [3.63, 3.8) is 0 Å². The summed E-state index contributed by atoms with van der Waals surface area (Å²) in [6.45, 7) is 2.51. The molecule has 0 fully saturated rings. The Labute approximate surface area is 93.6 Å². The number of rotatable bonds is 2. The van der Waals surface area contributed by atoms with Gasteiger partial charge in [-0.05, 0) is 19.1 Å². The van der Waals surface area contributed by atoms with E-state index in [0.29, 0.717) is 23.7 Å². The van der Waals surface area contributed by atoms with Crippen molar-refractivity contribution in [2.75, 3.05) is 18.1 Å². The quantitative estimate of drug-likeness (QED) is 0.445. The summed E-state index contributed by atoms with van der Waals surface area (Å²) in [5.41, 5.74) is 12.3. The van der Waals surface area contributed by atoms with Gasteiger partial charge in [-0.1, -0.05) is 6.07 Å². The van der Waals surface area contributed by atoms with E-state index in [4.69, 9.17) is 33.7 Å². The zero-order valence-corrected chi connectivity index (χ0v) is 9.44. The maximum Gasteiger partial charge on any atom is 0.394 e. The number of nitrogens with two attached hydrogens (primary N) is 2. The van der Waals surface area contributed by atoms with Gasteiger partial charge in [0.25, 0.3) is 0 Å². The third-order valence-electron chi connectivity index (χ3n) is 1.40. The van der Waals surface area contributed by atoms with Crippen molar-refractivity contribution in [2.45, 2.75) is 6.92 Å². The Morgan fingerprint density at radius 1 is 1.31 bits per heavy atom. The molecule has 1 aromatic rings. The highest BCUT2D eigenvalue weighted by molar-refractivity contribution is 7.79. The third kappa shape index (κ3) is 6.87. The molecule has 6 N–H and O–H groups in total. The van der Waals surface area contributed by atoms with Crippen molar-refractivity contribution in [3.05, 3.63) is 18.2 Å². The van der Waals surface area contributed by atoms with Gasteiger partial charge in [-0.15, -0.1) is 0 Å². The summed E-state index contributed by atoms with van der Waals surface area (Å²) in [5, 5.41) is 0. The van der Waals surface area contributed by atoms with Gasteiger partial charge in [0.2, 0.25) is 0 Å². The first-order chi connectivity index (χ1) is 7.25. The number of hydrogen-bond acceptors (Lipinski definition) is 5. The fourth-order valence-electron chi connectivity index (χ4n) is 0.842. The largest absolute Gasteiger partial charge is 0.492 e. The molecule has 1 aromatic carbocycles. The molecule has 0 aromatic heterocycles. The molecular formula is C8H14N2O5S. The number of anilines is 2. The lowest BCUT2D eigenvalue weighted by atomic mass is 10.2. The van der Waals surface area contributed by atoms with E-state index in [0.717, 1.165) is 0 Å². The predicted molar refractivity (Wildman–Crippen MR) is 60.6 cm³/mol. The summed E-state index contributed by atoms with van der Waals surface area (Å²) in [7, 11) is -4.67. The Kier molecular flexibility index (Phi) is 5.57. The average molecular weight is 250 g/mol. The first kappa shape index (κ1) is 14.5. The van der Waals surface area contributed by atoms with Crippen LogP contribution in [0.5, 0.6) is 5.75 Å². The summed E-state index contributed by atoms with van der Waals surface area (Å²) in [6.07, 6.45) is 0. The van der Waals surface area contributed by atoms with Crippen LogP contribution in [0.25, 0.3) is 0 Å². The molecule has 0 saturated carbocycles. The zero-order chi connectivity index (χ0) is 12.8. The number of ether oxygens (including phenoxy) is 1.